The van der Waals surface area contributed by atoms with E-state index in [1.54, 1.807) is 0 Å². The number of fused-ring (bicyclic) bond motifs is 3. The fourth-order valence-electron chi connectivity index (χ4n) is 8.37. The Morgan fingerprint density at radius 2 is 0.561 bits per heavy atom. The van der Waals surface area contributed by atoms with Crippen LogP contribution in [0, 0.1) is 0 Å². The van der Waals surface area contributed by atoms with E-state index in [4.69, 9.17) is 9.97 Å². The summed E-state index contributed by atoms with van der Waals surface area (Å²) >= 11 is 0. The summed E-state index contributed by atoms with van der Waals surface area (Å²) in [6.45, 7) is 0. The Balaban J connectivity index is 1.34. The van der Waals surface area contributed by atoms with Crippen LogP contribution in [0.3, 0.4) is 0 Å². The molecule has 57 heavy (non-hydrogen) atoms. The standard InChI is InChI=1S/C52H39N3S2/c1-7-20-40(21-8-1)56(41-22-9-2-10-23-41,42-24-11-3-12-25-42)46-32-34-50-48(38-46)49-39-47(33-35-51(49)55(50)52-53-36-19-37-54-52)57(43-26-13-4-14-27-43,44-28-15-5-16-29-44)45-30-17-6-18-31-45/h1-39H. The van der Waals surface area contributed by atoms with Gasteiger partial charge in [0.15, 0.2) is 0 Å². The summed E-state index contributed by atoms with van der Waals surface area (Å²) in [7, 11) is -3.86. The van der Waals surface area contributed by atoms with E-state index in [0.717, 1.165) is 11.0 Å². The first-order valence-corrected chi connectivity index (χ1v) is 22.4. The van der Waals surface area contributed by atoms with Crippen molar-refractivity contribution < 1.29 is 0 Å². The molecule has 0 unspecified atom stereocenters. The molecule has 0 fully saturated rings. The Bertz CT molecular complexity index is 2550. The van der Waals surface area contributed by atoms with Crippen LogP contribution < -0.4 is 0 Å². The number of hydrogen-bond donors (Lipinski definition) is 0. The van der Waals surface area contributed by atoms with Crippen LogP contribution in [0.25, 0.3) is 27.8 Å². The van der Waals surface area contributed by atoms with E-state index in [-0.39, 0.29) is 0 Å². The molecule has 2 aromatic heterocycles. The van der Waals surface area contributed by atoms with Crippen LogP contribution in [-0.4, -0.2) is 14.5 Å². The molecule has 0 aliphatic heterocycles. The third-order valence-corrected chi connectivity index (χ3v) is 18.5. The van der Waals surface area contributed by atoms with Crippen LogP contribution in [0.15, 0.2) is 276 Å². The first-order valence-electron chi connectivity index (χ1n) is 19.1. The predicted molar refractivity (Wildman–Crippen MR) is 236 cm³/mol. The van der Waals surface area contributed by atoms with Crippen molar-refractivity contribution in [2.45, 2.75) is 39.2 Å². The Hall–Kier alpha value is -6.66. The first-order chi connectivity index (χ1) is 28.3. The largest absolute Gasteiger partial charge is 0.278 e. The molecular weight excluding hydrogens is 731 g/mol. The van der Waals surface area contributed by atoms with Gasteiger partial charge in [0, 0.05) is 62.3 Å². The zero-order valence-electron chi connectivity index (χ0n) is 31.2. The van der Waals surface area contributed by atoms with Gasteiger partial charge in [-0.2, -0.15) is 0 Å². The summed E-state index contributed by atoms with van der Waals surface area (Å²) < 4.78 is 2.23. The minimum absolute atomic E-state index is 0.651. The highest BCUT2D eigenvalue weighted by Gasteiger charge is 2.36. The molecule has 10 aromatic rings. The van der Waals surface area contributed by atoms with Gasteiger partial charge in [-0.15, -0.1) is 20.1 Å². The Kier molecular flexibility index (Phi) is 9.02. The second-order valence-electron chi connectivity index (χ2n) is 13.8. The van der Waals surface area contributed by atoms with E-state index in [1.165, 1.54) is 49.9 Å². The van der Waals surface area contributed by atoms with Crippen molar-refractivity contribution in [3.8, 4) is 5.95 Å². The lowest BCUT2D eigenvalue weighted by atomic mass is 10.1. The van der Waals surface area contributed by atoms with E-state index < -0.39 is 20.1 Å². The smallest absolute Gasteiger partial charge is 0.234 e. The van der Waals surface area contributed by atoms with E-state index in [2.05, 4.69) is 223 Å². The lowest BCUT2D eigenvalue weighted by Gasteiger charge is -2.42. The molecule has 0 saturated heterocycles. The second-order valence-corrected chi connectivity index (χ2v) is 20.1. The van der Waals surface area contributed by atoms with Gasteiger partial charge in [-0.1, -0.05) is 109 Å². The summed E-state index contributed by atoms with van der Waals surface area (Å²) in [5.74, 6) is 0.651. The van der Waals surface area contributed by atoms with Crippen LogP contribution in [-0.2, 0) is 0 Å². The van der Waals surface area contributed by atoms with Gasteiger partial charge >= 0.3 is 0 Å². The normalized spacial score (nSPS) is 12.4. The molecule has 0 aliphatic carbocycles. The molecule has 0 atom stereocenters. The van der Waals surface area contributed by atoms with Crippen LogP contribution in [0.1, 0.15) is 0 Å². The van der Waals surface area contributed by atoms with Crippen molar-refractivity contribution in [3.63, 3.8) is 0 Å². The Morgan fingerprint density at radius 3 is 0.842 bits per heavy atom. The molecule has 0 radical (unpaired) electrons. The van der Waals surface area contributed by atoms with Crippen molar-refractivity contribution in [1.82, 2.24) is 14.5 Å². The summed E-state index contributed by atoms with van der Waals surface area (Å²) in [5, 5.41) is 2.33. The lowest BCUT2D eigenvalue weighted by molar-refractivity contribution is 0.987. The molecule has 0 N–H and O–H groups in total. The van der Waals surface area contributed by atoms with Gasteiger partial charge in [0.1, 0.15) is 0 Å². The Morgan fingerprint density at radius 1 is 0.281 bits per heavy atom. The number of hydrogen-bond acceptors (Lipinski definition) is 2. The van der Waals surface area contributed by atoms with Gasteiger partial charge in [-0.3, -0.25) is 4.57 Å². The van der Waals surface area contributed by atoms with Crippen molar-refractivity contribution in [3.05, 3.63) is 237 Å². The third kappa shape index (κ3) is 5.70. The molecule has 0 spiro atoms. The molecule has 5 heteroatoms. The van der Waals surface area contributed by atoms with Crippen molar-refractivity contribution in [2.24, 2.45) is 0 Å². The molecule has 3 nitrogen and oxygen atoms in total. The Labute approximate surface area is 336 Å². The summed E-state index contributed by atoms with van der Waals surface area (Å²) in [6, 6.07) is 82.5. The van der Waals surface area contributed by atoms with Gasteiger partial charge in [0.05, 0.1) is 11.0 Å². The maximum atomic E-state index is 4.81. The maximum Gasteiger partial charge on any atom is 0.234 e. The first kappa shape index (κ1) is 34.8. The van der Waals surface area contributed by atoms with Gasteiger partial charge < -0.3 is 0 Å². The highest BCUT2D eigenvalue weighted by atomic mass is 32.3. The molecule has 274 valence electrons. The molecular formula is C52H39N3S2. The summed E-state index contributed by atoms with van der Waals surface area (Å²) in [4.78, 5) is 19.9. The molecule has 2 heterocycles. The van der Waals surface area contributed by atoms with Crippen molar-refractivity contribution in [1.29, 1.82) is 0 Å². The summed E-state index contributed by atoms with van der Waals surface area (Å²) in [5.41, 5.74) is 2.14. The topological polar surface area (TPSA) is 30.7 Å². The predicted octanol–water partition coefficient (Wildman–Crippen LogP) is 14.3. The molecule has 0 amide bonds. The fourth-order valence-corrected chi connectivity index (χ4v) is 16.2. The fraction of sp³-hybridized carbons (Fsp3) is 0. The van der Waals surface area contributed by atoms with E-state index in [0.29, 0.717) is 5.95 Å². The lowest BCUT2D eigenvalue weighted by Crippen LogP contribution is -2.05. The molecule has 0 saturated carbocycles. The van der Waals surface area contributed by atoms with Gasteiger partial charge in [-0.25, -0.2) is 9.97 Å². The zero-order chi connectivity index (χ0) is 38.1. The highest BCUT2D eigenvalue weighted by molar-refractivity contribution is 8.34. The number of rotatable bonds is 9. The molecule has 10 rings (SSSR count). The summed E-state index contributed by atoms with van der Waals surface area (Å²) in [6.07, 6.45) is 3.65. The zero-order valence-corrected chi connectivity index (χ0v) is 32.8. The van der Waals surface area contributed by atoms with E-state index in [1.807, 2.05) is 18.5 Å². The van der Waals surface area contributed by atoms with E-state index in [9.17, 15) is 0 Å². The molecule has 0 aliphatic rings. The molecule has 8 aromatic carbocycles. The van der Waals surface area contributed by atoms with Crippen molar-refractivity contribution >= 4 is 41.9 Å². The maximum absolute atomic E-state index is 4.81. The average molecular weight is 770 g/mol. The second kappa shape index (κ2) is 14.8. The van der Waals surface area contributed by atoms with Crippen LogP contribution >= 0.6 is 20.1 Å². The quantitative estimate of drug-likeness (QED) is 0.146. The van der Waals surface area contributed by atoms with E-state index >= 15 is 0 Å². The minimum Gasteiger partial charge on any atom is -0.278 e. The number of benzene rings is 8. The van der Waals surface area contributed by atoms with Gasteiger partial charge in [0.2, 0.25) is 5.95 Å². The SMILES string of the molecule is c1ccc(S(c2ccccc2)(c2ccccc2)c2ccc3c(c2)c2cc(S(c4ccccc4)(c4ccccc4)c4ccccc4)ccc2n3-c2ncccn2)cc1. The monoisotopic (exact) mass is 769 g/mol. The molecule has 0 bridgehead atoms. The van der Waals surface area contributed by atoms with Gasteiger partial charge in [-0.05, 0) is 115 Å². The average Bonchev–Trinajstić information content (AvgIpc) is 3.63. The van der Waals surface area contributed by atoms with Crippen LogP contribution in [0.5, 0.6) is 0 Å². The van der Waals surface area contributed by atoms with Crippen molar-refractivity contribution in [2.75, 3.05) is 0 Å². The van der Waals surface area contributed by atoms with Crippen LogP contribution in [0.2, 0.25) is 0 Å². The minimum atomic E-state index is -1.93. The van der Waals surface area contributed by atoms with Crippen LogP contribution in [0.4, 0.5) is 0 Å². The number of nitrogens with zero attached hydrogens (tertiary/aromatic N) is 3. The number of aromatic nitrogens is 3. The third-order valence-electron chi connectivity index (χ3n) is 10.7. The highest BCUT2D eigenvalue weighted by Crippen LogP contribution is 2.75. The van der Waals surface area contributed by atoms with Gasteiger partial charge in [0.25, 0.3) is 0 Å².